The maximum Gasteiger partial charge on any atom is 0.315 e. The summed E-state index contributed by atoms with van der Waals surface area (Å²) in [5.74, 6) is 0.305. The second-order valence-electron chi connectivity index (χ2n) is 8.94. The maximum absolute atomic E-state index is 10.4. The highest BCUT2D eigenvalue weighted by molar-refractivity contribution is 5.68. The summed E-state index contributed by atoms with van der Waals surface area (Å²) in [6.07, 6.45) is 0. The predicted octanol–water partition coefficient (Wildman–Crippen LogP) is 2.66. The van der Waals surface area contributed by atoms with Crippen LogP contribution in [0.5, 0.6) is 17.5 Å². The van der Waals surface area contributed by atoms with Crippen LogP contribution in [-0.2, 0) is 17.8 Å². The van der Waals surface area contributed by atoms with Crippen LogP contribution in [0, 0.1) is 0 Å². The summed E-state index contributed by atoms with van der Waals surface area (Å²) < 4.78 is 6.93. The van der Waals surface area contributed by atoms with E-state index in [4.69, 9.17) is 4.74 Å². The van der Waals surface area contributed by atoms with Gasteiger partial charge in [0.05, 0.1) is 25.3 Å². The first kappa shape index (κ1) is 24.0. The number of aromatic hydroxyl groups is 3. The highest BCUT2D eigenvalue weighted by Gasteiger charge is 2.20. The molecule has 0 saturated carbocycles. The number of hydrogen-bond donors (Lipinski definition) is 4. The quantitative estimate of drug-likeness (QED) is 0.355. The molecule has 34 heavy (non-hydrogen) atoms. The summed E-state index contributed by atoms with van der Waals surface area (Å²) in [7, 11) is 0. The largest absolute Gasteiger partial charge is 0.508 e. The third-order valence-electron chi connectivity index (χ3n) is 6.14. The van der Waals surface area contributed by atoms with Crippen molar-refractivity contribution in [2.75, 3.05) is 39.4 Å². The summed E-state index contributed by atoms with van der Waals surface area (Å²) in [5, 5.41) is 42.3. The minimum atomic E-state index is -0.234. The van der Waals surface area contributed by atoms with Gasteiger partial charge in [0.2, 0.25) is 0 Å². The Kier molecular flexibility index (Phi) is 7.66. The van der Waals surface area contributed by atoms with Crippen molar-refractivity contribution in [2.24, 2.45) is 0 Å². The smallest absolute Gasteiger partial charge is 0.315 e. The topological polar surface area (TPSA) is 116 Å². The fourth-order valence-electron chi connectivity index (χ4n) is 4.11. The van der Waals surface area contributed by atoms with E-state index in [-0.39, 0.29) is 23.4 Å². The Bertz CT molecular complexity index is 1090. The van der Waals surface area contributed by atoms with Gasteiger partial charge in [-0.25, -0.2) is 0 Å². The Morgan fingerprint density at radius 3 is 2.38 bits per heavy atom. The first-order chi connectivity index (χ1) is 16.4. The lowest BCUT2D eigenvalue weighted by Crippen LogP contribution is -2.40. The average Bonchev–Trinajstić information content (AvgIpc) is 3.18. The average molecular weight is 468 g/mol. The number of nitrogens with one attached hydrogen (secondary N) is 1. The number of ether oxygens (including phenoxy) is 1. The van der Waals surface area contributed by atoms with Gasteiger partial charge in [0.15, 0.2) is 5.82 Å². The number of rotatable bonds is 9. The number of nitrogens with zero attached hydrogens (tertiary/aromatic N) is 4. The van der Waals surface area contributed by atoms with Crippen LogP contribution in [0.2, 0.25) is 0 Å². The summed E-state index contributed by atoms with van der Waals surface area (Å²) in [6.45, 7) is 10.6. The number of phenols is 2. The van der Waals surface area contributed by atoms with Crippen LogP contribution in [0.15, 0.2) is 36.4 Å². The standard InChI is InChI=1S/C25H33N5O4/c1-17(2)20-13-21(23(32)14-22(20)31)24-27-28-25(33)30(24)16-19-5-3-18(4-6-19)15-26-7-8-29-9-11-34-12-10-29/h3-6,13-14,17,26,31-32H,7-12,15-16H2,1-2H3,(H,28,33). The van der Waals surface area contributed by atoms with Crippen molar-refractivity contribution in [1.29, 1.82) is 0 Å². The van der Waals surface area contributed by atoms with Gasteiger partial charge in [0.1, 0.15) is 11.5 Å². The van der Waals surface area contributed by atoms with E-state index in [1.54, 1.807) is 10.6 Å². The highest BCUT2D eigenvalue weighted by Crippen LogP contribution is 2.38. The molecule has 182 valence electrons. The first-order valence-corrected chi connectivity index (χ1v) is 11.7. The van der Waals surface area contributed by atoms with Crippen molar-refractivity contribution in [2.45, 2.75) is 32.9 Å². The zero-order valence-electron chi connectivity index (χ0n) is 19.7. The third-order valence-corrected chi connectivity index (χ3v) is 6.14. The Balaban J connectivity index is 1.41. The lowest BCUT2D eigenvalue weighted by molar-refractivity contribution is 0.0384. The van der Waals surface area contributed by atoms with E-state index < -0.39 is 0 Å². The van der Waals surface area contributed by atoms with E-state index in [9.17, 15) is 15.3 Å². The van der Waals surface area contributed by atoms with Crippen LogP contribution in [0.4, 0.5) is 0 Å². The summed E-state index contributed by atoms with van der Waals surface area (Å²) in [4.78, 5) is 2.40. The van der Waals surface area contributed by atoms with Crippen molar-refractivity contribution in [3.63, 3.8) is 0 Å². The normalized spacial score (nSPS) is 14.7. The fourth-order valence-corrected chi connectivity index (χ4v) is 4.11. The lowest BCUT2D eigenvalue weighted by Gasteiger charge is -2.26. The molecule has 0 unspecified atom stereocenters. The molecule has 9 heteroatoms. The van der Waals surface area contributed by atoms with Gasteiger partial charge in [0, 0.05) is 38.8 Å². The zero-order chi connectivity index (χ0) is 24.1. The van der Waals surface area contributed by atoms with Crippen molar-refractivity contribution >= 4 is 0 Å². The molecule has 0 aliphatic carbocycles. The Hall–Kier alpha value is -3.14. The van der Waals surface area contributed by atoms with Gasteiger partial charge in [-0.15, -0.1) is 5.10 Å². The second-order valence-corrected chi connectivity index (χ2v) is 8.94. The van der Waals surface area contributed by atoms with Crippen molar-refractivity contribution in [3.8, 4) is 28.9 Å². The number of hydrogen-bond acceptors (Lipinski definition) is 8. The minimum Gasteiger partial charge on any atom is -0.508 e. The van der Waals surface area contributed by atoms with Gasteiger partial charge in [-0.05, 0) is 28.7 Å². The highest BCUT2D eigenvalue weighted by atomic mass is 16.5. The number of morpholine rings is 1. The molecule has 2 aromatic carbocycles. The third kappa shape index (κ3) is 5.67. The molecule has 0 spiro atoms. The van der Waals surface area contributed by atoms with Crippen LogP contribution in [0.1, 0.15) is 36.5 Å². The van der Waals surface area contributed by atoms with Gasteiger partial charge in [0.25, 0.3) is 0 Å². The number of benzene rings is 2. The van der Waals surface area contributed by atoms with E-state index in [0.717, 1.165) is 51.5 Å². The van der Waals surface area contributed by atoms with Crippen LogP contribution >= 0.6 is 0 Å². The molecule has 4 N–H and O–H groups in total. The van der Waals surface area contributed by atoms with E-state index in [2.05, 4.69) is 32.5 Å². The molecule has 3 aromatic rings. The maximum atomic E-state index is 10.4. The summed E-state index contributed by atoms with van der Waals surface area (Å²) in [6, 6.07) is 10.9. The van der Waals surface area contributed by atoms with Crippen molar-refractivity contribution in [1.82, 2.24) is 25.0 Å². The molecule has 9 nitrogen and oxygen atoms in total. The van der Waals surface area contributed by atoms with Gasteiger partial charge in [-0.1, -0.05) is 43.2 Å². The van der Waals surface area contributed by atoms with E-state index >= 15 is 0 Å². The predicted molar refractivity (Wildman–Crippen MR) is 129 cm³/mol. The molecule has 1 aliphatic rings. The van der Waals surface area contributed by atoms with Crippen molar-refractivity contribution in [3.05, 3.63) is 53.1 Å². The SMILES string of the molecule is CC(C)c1cc(-c2nnc(O)n2Cc2ccc(CNCCN3CCOCC3)cc2)c(O)cc1O. The molecule has 0 bridgehead atoms. The van der Waals surface area contributed by atoms with Crippen LogP contribution in [0.3, 0.4) is 0 Å². The van der Waals surface area contributed by atoms with E-state index in [1.807, 2.05) is 26.0 Å². The number of phenolic OH excluding ortho intramolecular Hbond substituents is 2. The van der Waals surface area contributed by atoms with Crippen LogP contribution in [-0.4, -0.2) is 74.4 Å². The van der Waals surface area contributed by atoms with Gasteiger partial charge in [-0.2, -0.15) is 0 Å². The molecule has 0 atom stereocenters. The summed E-state index contributed by atoms with van der Waals surface area (Å²) >= 11 is 0. The van der Waals surface area contributed by atoms with Crippen LogP contribution < -0.4 is 5.32 Å². The van der Waals surface area contributed by atoms with Crippen LogP contribution in [0.25, 0.3) is 11.4 Å². The lowest BCUT2D eigenvalue weighted by atomic mass is 9.98. The molecule has 1 fully saturated rings. The van der Waals surface area contributed by atoms with E-state index in [0.29, 0.717) is 23.5 Å². The fraction of sp³-hybridized carbons (Fsp3) is 0.440. The molecular weight excluding hydrogens is 434 g/mol. The monoisotopic (exact) mass is 467 g/mol. The molecule has 1 saturated heterocycles. The minimum absolute atomic E-state index is 0.0284. The Labute approximate surface area is 199 Å². The molecule has 0 radical (unpaired) electrons. The first-order valence-electron chi connectivity index (χ1n) is 11.7. The molecule has 1 aliphatic heterocycles. The Morgan fingerprint density at radius 2 is 1.68 bits per heavy atom. The van der Waals surface area contributed by atoms with Crippen molar-refractivity contribution < 1.29 is 20.1 Å². The summed E-state index contributed by atoms with van der Waals surface area (Å²) in [5.41, 5.74) is 3.25. The molecule has 4 rings (SSSR count). The Morgan fingerprint density at radius 1 is 0.971 bits per heavy atom. The molecule has 1 aromatic heterocycles. The molecular formula is C25H33N5O4. The number of aromatic nitrogens is 3. The van der Waals surface area contributed by atoms with Gasteiger partial charge >= 0.3 is 6.01 Å². The van der Waals surface area contributed by atoms with Gasteiger partial charge in [-0.3, -0.25) is 9.47 Å². The molecule has 2 heterocycles. The van der Waals surface area contributed by atoms with E-state index in [1.165, 1.54) is 11.6 Å². The second kappa shape index (κ2) is 10.9. The molecule has 0 amide bonds. The van der Waals surface area contributed by atoms with Gasteiger partial charge < -0.3 is 25.4 Å². The zero-order valence-corrected chi connectivity index (χ0v) is 19.7.